The Labute approximate surface area is 106 Å². The van der Waals surface area contributed by atoms with Crippen molar-refractivity contribution in [1.29, 1.82) is 0 Å². The Bertz CT molecular complexity index is 289. The minimum absolute atomic E-state index is 0.252. The predicted octanol–water partition coefficient (Wildman–Crippen LogP) is -0.404. The third-order valence-electron chi connectivity index (χ3n) is 2.78. The number of aliphatic carboxylic acids is 1. The van der Waals surface area contributed by atoms with Gasteiger partial charge in [-0.3, -0.25) is 9.69 Å². The van der Waals surface area contributed by atoms with Gasteiger partial charge in [-0.05, 0) is 6.92 Å². The maximum Gasteiger partial charge on any atom is 0.409 e. The summed E-state index contributed by atoms with van der Waals surface area (Å²) in [4.78, 5) is 25.4. The number of aliphatic hydroxyl groups is 1. The van der Waals surface area contributed by atoms with E-state index in [-0.39, 0.29) is 12.5 Å². The van der Waals surface area contributed by atoms with Crippen molar-refractivity contribution in [1.82, 2.24) is 9.80 Å². The number of hydrogen-bond acceptors (Lipinski definition) is 5. The van der Waals surface area contributed by atoms with Crippen molar-refractivity contribution in [3.63, 3.8) is 0 Å². The van der Waals surface area contributed by atoms with Crippen LogP contribution in [0.15, 0.2) is 0 Å². The smallest absolute Gasteiger partial charge is 0.409 e. The molecule has 0 spiro atoms. The lowest BCUT2D eigenvalue weighted by Gasteiger charge is -2.34. The van der Waals surface area contributed by atoms with E-state index in [1.165, 1.54) is 0 Å². The van der Waals surface area contributed by atoms with Crippen LogP contribution in [0.5, 0.6) is 0 Å². The van der Waals surface area contributed by atoms with Gasteiger partial charge in [-0.2, -0.15) is 0 Å². The number of amides is 1. The first-order valence-electron chi connectivity index (χ1n) is 6.06. The number of piperazine rings is 1. The normalized spacial score (nSPS) is 18.4. The average molecular weight is 260 g/mol. The summed E-state index contributed by atoms with van der Waals surface area (Å²) < 4.78 is 4.89. The largest absolute Gasteiger partial charge is 0.481 e. The molecule has 7 heteroatoms. The third kappa shape index (κ3) is 4.89. The second-order valence-corrected chi connectivity index (χ2v) is 4.24. The maximum absolute atomic E-state index is 11.4. The number of rotatable bonds is 5. The zero-order valence-electron chi connectivity index (χ0n) is 10.5. The van der Waals surface area contributed by atoms with Gasteiger partial charge >= 0.3 is 12.1 Å². The number of ether oxygens (including phenoxy) is 1. The van der Waals surface area contributed by atoms with Crippen LogP contribution in [-0.4, -0.2) is 77.5 Å². The van der Waals surface area contributed by atoms with Gasteiger partial charge in [0.15, 0.2) is 0 Å². The summed E-state index contributed by atoms with van der Waals surface area (Å²) in [5, 5.41) is 18.0. The fourth-order valence-electron chi connectivity index (χ4n) is 1.89. The summed E-state index contributed by atoms with van der Waals surface area (Å²) in [5.41, 5.74) is 0. The zero-order chi connectivity index (χ0) is 13.5. The summed E-state index contributed by atoms with van der Waals surface area (Å²) in [6, 6.07) is 0. The lowest BCUT2D eigenvalue weighted by atomic mass is 10.2. The number of carbonyl (C=O) groups excluding carboxylic acids is 1. The van der Waals surface area contributed by atoms with Gasteiger partial charge in [0.1, 0.15) is 0 Å². The fraction of sp³-hybridized carbons (Fsp3) is 0.818. The van der Waals surface area contributed by atoms with Crippen LogP contribution in [0.3, 0.4) is 0 Å². The lowest BCUT2D eigenvalue weighted by molar-refractivity contribution is -0.139. The third-order valence-corrected chi connectivity index (χ3v) is 2.78. The Morgan fingerprint density at radius 3 is 2.39 bits per heavy atom. The number of carboxylic acids is 1. The van der Waals surface area contributed by atoms with Gasteiger partial charge in [0.25, 0.3) is 0 Å². The quantitative estimate of drug-likeness (QED) is 0.699. The summed E-state index contributed by atoms with van der Waals surface area (Å²) in [5.74, 6) is -1.01. The Hall–Kier alpha value is -1.34. The minimum Gasteiger partial charge on any atom is -0.481 e. The molecule has 1 unspecified atom stereocenters. The molecule has 1 aliphatic heterocycles. The van der Waals surface area contributed by atoms with Crippen molar-refractivity contribution >= 4 is 12.1 Å². The highest BCUT2D eigenvalue weighted by atomic mass is 16.6. The topological polar surface area (TPSA) is 90.3 Å². The van der Waals surface area contributed by atoms with Crippen molar-refractivity contribution < 1.29 is 24.5 Å². The molecule has 1 saturated heterocycles. The second-order valence-electron chi connectivity index (χ2n) is 4.24. The summed E-state index contributed by atoms with van der Waals surface area (Å²) in [6.45, 7) is 4.76. The van der Waals surface area contributed by atoms with E-state index in [1.807, 2.05) is 4.90 Å². The molecule has 0 aromatic carbocycles. The van der Waals surface area contributed by atoms with Crippen molar-refractivity contribution in [3.05, 3.63) is 0 Å². The molecule has 0 bridgehead atoms. The average Bonchev–Trinajstić information content (AvgIpc) is 2.29. The second kappa shape index (κ2) is 7.17. The first-order valence-corrected chi connectivity index (χ1v) is 6.06. The molecule has 1 heterocycles. The molecule has 0 aromatic rings. The Kier molecular flexibility index (Phi) is 5.87. The van der Waals surface area contributed by atoms with Crippen LogP contribution in [0.25, 0.3) is 0 Å². The summed E-state index contributed by atoms with van der Waals surface area (Å²) in [6.07, 6.45) is -1.43. The molecule has 0 saturated carbocycles. The van der Waals surface area contributed by atoms with Crippen LogP contribution in [0.2, 0.25) is 0 Å². The van der Waals surface area contributed by atoms with E-state index >= 15 is 0 Å². The summed E-state index contributed by atoms with van der Waals surface area (Å²) in [7, 11) is 0. The van der Waals surface area contributed by atoms with E-state index in [9.17, 15) is 14.7 Å². The molecule has 1 rings (SSSR count). The first-order chi connectivity index (χ1) is 8.52. The monoisotopic (exact) mass is 260 g/mol. The maximum atomic E-state index is 11.4. The molecule has 18 heavy (non-hydrogen) atoms. The lowest BCUT2D eigenvalue weighted by Crippen LogP contribution is -2.50. The molecule has 104 valence electrons. The predicted molar refractivity (Wildman–Crippen MR) is 63.3 cm³/mol. The molecule has 1 aliphatic rings. The molecule has 1 amide bonds. The van der Waals surface area contributed by atoms with E-state index in [2.05, 4.69) is 0 Å². The zero-order valence-corrected chi connectivity index (χ0v) is 10.5. The van der Waals surface area contributed by atoms with Crippen molar-refractivity contribution in [2.75, 3.05) is 39.3 Å². The highest BCUT2D eigenvalue weighted by molar-refractivity contribution is 5.68. The SMILES string of the molecule is CCOC(=O)N1CCN(CC(O)CC(=O)O)CC1. The van der Waals surface area contributed by atoms with Gasteiger partial charge in [0.05, 0.1) is 19.1 Å². The highest BCUT2D eigenvalue weighted by Gasteiger charge is 2.23. The van der Waals surface area contributed by atoms with Gasteiger partial charge in [-0.25, -0.2) is 4.79 Å². The molecular formula is C11H20N2O5. The first kappa shape index (κ1) is 14.7. The van der Waals surface area contributed by atoms with E-state index < -0.39 is 12.1 Å². The van der Waals surface area contributed by atoms with Gasteiger partial charge in [-0.15, -0.1) is 0 Å². The molecule has 2 N–H and O–H groups in total. The fourth-order valence-corrected chi connectivity index (χ4v) is 1.89. The van der Waals surface area contributed by atoms with E-state index in [4.69, 9.17) is 9.84 Å². The number of carboxylic acid groups (broad SMARTS) is 1. The minimum atomic E-state index is -1.01. The number of hydrogen-bond donors (Lipinski definition) is 2. The van der Waals surface area contributed by atoms with Gasteiger partial charge in [-0.1, -0.05) is 0 Å². The standard InChI is InChI=1S/C11H20N2O5/c1-2-18-11(17)13-5-3-12(4-6-13)8-9(14)7-10(15)16/h9,14H,2-8H2,1H3,(H,15,16). The van der Waals surface area contributed by atoms with Crippen molar-refractivity contribution in [2.24, 2.45) is 0 Å². The van der Waals surface area contributed by atoms with Crippen LogP contribution < -0.4 is 0 Å². The highest BCUT2D eigenvalue weighted by Crippen LogP contribution is 2.05. The molecule has 1 fully saturated rings. The molecule has 0 radical (unpaired) electrons. The van der Waals surface area contributed by atoms with Crippen LogP contribution in [-0.2, 0) is 9.53 Å². The summed E-state index contributed by atoms with van der Waals surface area (Å²) >= 11 is 0. The molecule has 0 aromatic heterocycles. The molecule has 7 nitrogen and oxygen atoms in total. The number of carbonyl (C=O) groups is 2. The Morgan fingerprint density at radius 1 is 1.28 bits per heavy atom. The molecular weight excluding hydrogens is 240 g/mol. The number of β-amino-alcohol motifs (C(OH)–C–C–N with tert-alkyl or cyclic N) is 1. The van der Waals surface area contributed by atoms with E-state index in [1.54, 1.807) is 11.8 Å². The van der Waals surface area contributed by atoms with Gasteiger partial charge in [0, 0.05) is 32.7 Å². The Balaban J connectivity index is 2.26. The van der Waals surface area contributed by atoms with E-state index in [0.717, 1.165) is 0 Å². The number of aliphatic hydroxyl groups excluding tert-OH is 1. The van der Waals surface area contributed by atoms with Crippen LogP contribution >= 0.6 is 0 Å². The van der Waals surface area contributed by atoms with Gasteiger partial charge < -0.3 is 19.8 Å². The van der Waals surface area contributed by atoms with Crippen LogP contribution in [0, 0.1) is 0 Å². The molecule has 0 aliphatic carbocycles. The van der Waals surface area contributed by atoms with Crippen LogP contribution in [0.1, 0.15) is 13.3 Å². The van der Waals surface area contributed by atoms with Gasteiger partial charge in [0.2, 0.25) is 0 Å². The number of nitrogens with zero attached hydrogens (tertiary/aromatic N) is 2. The van der Waals surface area contributed by atoms with E-state index in [0.29, 0.717) is 39.3 Å². The van der Waals surface area contributed by atoms with Crippen molar-refractivity contribution in [2.45, 2.75) is 19.4 Å². The Morgan fingerprint density at radius 2 is 1.89 bits per heavy atom. The van der Waals surface area contributed by atoms with Crippen LogP contribution in [0.4, 0.5) is 4.79 Å². The van der Waals surface area contributed by atoms with Crippen molar-refractivity contribution in [3.8, 4) is 0 Å². The molecule has 1 atom stereocenters.